The summed E-state index contributed by atoms with van der Waals surface area (Å²) in [5.74, 6) is 0. The lowest BCUT2D eigenvalue weighted by Crippen LogP contribution is -1.99. The van der Waals surface area contributed by atoms with Crippen LogP contribution in [0.25, 0.3) is 0 Å². The van der Waals surface area contributed by atoms with E-state index in [-0.39, 0.29) is 0 Å². The molecule has 0 fully saturated rings. The standard InChI is InChI=1S/C16H25N/c1-3-5-8-12-15(11-6-4-2)17-16-13-9-7-10-14-16/h7,9-10,12-14,17H,3-6,8,11H2,1-2H3. The fourth-order valence-electron chi connectivity index (χ4n) is 1.77. The molecular formula is C16H25N. The molecule has 0 atom stereocenters. The normalized spacial score (nSPS) is 11.5. The highest BCUT2D eigenvalue weighted by molar-refractivity contribution is 5.47. The Balaban J connectivity index is 2.53. The van der Waals surface area contributed by atoms with Gasteiger partial charge in [0.15, 0.2) is 0 Å². The lowest BCUT2D eigenvalue weighted by Gasteiger charge is -2.11. The first kappa shape index (κ1) is 13.8. The van der Waals surface area contributed by atoms with E-state index in [4.69, 9.17) is 0 Å². The third-order valence-corrected chi connectivity index (χ3v) is 2.83. The summed E-state index contributed by atoms with van der Waals surface area (Å²) in [7, 11) is 0. The van der Waals surface area contributed by atoms with Gasteiger partial charge in [0.05, 0.1) is 0 Å². The molecule has 0 aliphatic rings. The zero-order chi connectivity index (χ0) is 12.3. The number of hydrogen-bond acceptors (Lipinski definition) is 1. The lowest BCUT2D eigenvalue weighted by molar-refractivity contribution is 0.771. The average Bonchev–Trinajstić information content (AvgIpc) is 2.37. The molecule has 0 saturated heterocycles. The number of benzene rings is 1. The van der Waals surface area contributed by atoms with E-state index in [2.05, 4.69) is 55.6 Å². The zero-order valence-corrected chi connectivity index (χ0v) is 11.2. The summed E-state index contributed by atoms with van der Waals surface area (Å²) < 4.78 is 0. The Labute approximate surface area is 106 Å². The summed E-state index contributed by atoms with van der Waals surface area (Å²) in [5, 5.41) is 3.53. The highest BCUT2D eigenvalue weighted by atomic mass is 14.9. The summed E-state index contributed by atoms with van der Waals surface area (Å²) in [6.07, 6.45) is 9.78. The third kappa shape index (κ3) is 6.15. The molecule has 1 nitrogen and oxygen atoms in total. The van der Waals surface area contributed by atoms with Crippen LogP contribution in [0.3, 0.4) is 0 Å². The summed E-state index contributed by atoms with van der Waals surface area (Å²) in [4.78, 5) is 0. The van der Waals surface area contributed by atoms with Crippen LogP contribution in [-0.4, -0.2) is 0 Å². The van der Waals surface area contributed by atoms with Gasteiger partial charge in [-0.25, -0.2) is 0 Å². The van der Waals surface area contributed by atoms with Crippen molar-refractivity contribution in [1.82, 2.24) is 0 Å². The molecule has 0 aliphatic heterocycles. The van der Waals surface area contributed by atoms with Gasteiger partial charge in [0.25, 0.3) is 0 Å². The number of rotatable bonds is 8. The predicted molar refractivity (Wildman–Crippen MR) is 77.2 cm³/mol. The average molecular weight is 231 g/mol. The summed E-state index contributed by atoms with van der Waals surface area (Å²) in [6.45, 7) is 4.48. The Kier molecular flexibility index (Phi) is 7.20. The molecule has 0 saturated carbocycles. The molecule has 1 heteroatoms. The second-order valence-electron chi connectivity index (χ2n) is 4.47. The molecule has 1 aromatic carbocycles. The maximum atomic E-state index is 3.53. The van der Waals surface area contributed by atoms with Crippen molar-refractivity contribution in [3.63, 3.8) is 0 Å². The van der Waals surface area contributed by atoms with E-state index in [1.807, 2.05) is 0 Å². The van der Waals surface area contributed by atoms with Crippen molar-refractivity contribution in [2.24, 2.45) is 0 Å². The molecular weight excluding hydrogens is 206 g/mol. The van der Waals surface area contributed by atoms with Gasteiger partial charge in [0.1, 0.15) is 0 Å². The molecule has 0 bridgehead atoms. The van der Waals surface area contributed by atoms with Gasteiger partial charge in [-0.05, 0) is 31.4 Å². The molecule has 0 spiro atoms. The quantitative estimate of drug-likeness (QED) is 0.594. The van der Waals surface area contributed by atoms with E-state index < -0.39 is 0 Å². The first-order valence-electron chi connectivity index (χ1n) is 6.88. The van der Waals surface area contributed by atoms with Gasteiger partial charge < -0.3 is 5.32 Å². The Morgan fingerprint density at radius 2 is 1.76 bits per heavy atom. The van der Waals surface area contributed by atoms with Crippen LogP contribution in [0.4, 0.5) is 5.69 Å². The van der Waals surface area contributed by atoms with Crippen LogP contribution in [0.2, 0.25) is 0 Å². The van der Waals surface area contributed by atoms with Gasteiger partial charge in [-0.15, -0.1) is 0 Å². The molecule has 0 heterocycles. The van der Waals surface area contributed by atoms with Crippen LogP contribution in [0.5, 0.6) is 0 Å². The van der Waals surface area contributed by atoms with Gasteiger partial charge in [-0.1, -0.05) is 57.4 Å². The van der Waals surface area contributed by atoms with Crippen LogP contribution in [0.15, 0.2) is 42.1 Å². The van der Waals surface area contributed by atoms with Gasteiger partial charge in [0, 0.05) is 11.4 Å². The molecule has 0 aliphatic carbocycles. The Morgan fingerprint density at radius 1 is 1.06 bits per heavy atom. The van der Waals surface area contributed by atoms with Crippen molar-refractivity contribution >= 4 is 5.69 Å². The van der Waals surface area contributed by atoms with Crippen molar-refractivity contribution in [1.29, 1.82) is 0 Å². The third-order valence-electron chi connectivity index (χ3n) is 2.83. The number of anilines is 1. The number of allylic oxidation sites excluding steroid dienone is 2. The number of nitrogens with one attached hydrogen (secondary N) is 1. The van der Waals surface area contributed by atoms with Gasteiger partial charge in [-0.3, -0.25) is 0 Å². The molecule has 1 N–H and O–H groups in total. The van der Waals surface area contributed by atoms with E-state index in [0.29, 0.717) is 0 Å². The number of unbranched alkanes of at least 4 members (excludes halogenated alkanes) is 3. The fourth-order valence-corrected chi connectivity index (χ4v) is 1.77. The zero-order valence-electron chi connectivity index (χ0n) is 11.2. The molecule has 1 rings (SSSR count). The van der Waals surface area contributed by atoms with Crippen LogP contribution in [0.1, 0.15) is 52.4 Å². The molecule has 1 aromatic rings. The first-order valence-corrected chi connectivity index (χ1v) is 6.88. The number of para-hydroxylation sites is 1. The maximum Gasteiger partial charge on any atom is 0.0381 e. The molecule has 0 aromatic heterocycles. The number of hydrogen-bond donors (Lipinski definition) is 1. The largest absolute Gasteiger partial charge is 0.359 e. The van der Waals surface area contributed by atoms with Crippen LogP contribution < -0.4 is 5.32 Å². The van der Waals surface area contributed by atoms with E-state index in [0.717, 1.165) is 6.42 Å². The van der Waals surface area contributed by atoms with Crippen molar-refractivity contribution in [3.05, 3.63) is 42.1 Å². The minimum absolute atomic E-state index is 1.16. The van der Waals surface area contributed by atoms with Crippen LogP contribution in [0, 0.1) is 0 Å². The van der Waals surface area contributed by atoms with Crippen molar-refractivity contribution in [3.8, 4) is 0 Å². The Morgan fingerprint density at radius 3 is 2.41 bits per heavy atom. The highest BCUT2D eigenvalue weighted by Crippen LogP contribution is 2.15. The van der Waals surface area contributed by atoms with E-state index in [1.54, 1.807) is 0 Å². The van der Waals surface area contributed by atoms with E-state index >= 15 is 0 Å². The predicted octanol–water partition coefficient (Wildman–Crippen LogP) is 5.36. The second-order valence-corrected chi connectivity index (χ2v) is 4.47. The topological polar surface area (TPSA) is 12.0 Å². The molecule has 0 amide bonds. The summed E-state index contributed by atoms with van der Waals surface area (Å²) >= 11 is 0. The van der Waals surface area contributed by atoms with Crippen molar-refractivity contribution in [2.45, 2.75) is 52.4 Å². The SMILES string of the molecule is CCCCC=C(CCCC)Nc1ccccc1. The van der Waals surface area contributed by atoms with Gasteiger partial charge in [-0.2, -0.15) is 0 Å². The molecule has 94 valence electrons. The van der Waals surface area contributed by atoms with Gasteiger partial charge in [0.2, 0.25) is 0 Å². The first-order chi connectivity index (χ1) is 8.36. The van der Waals surface area contributed by atoms with Crippen molar-refractivity contribution in [2.75, 3.05) is 5.32 Å². The smallest absolute Gasteiger partial charge is 0.0381 e. The maximum absolute atomic E-state index is 3.53. The second kappa shape index (κ2) is 8.86. The summed E-state index contributed by atoms with van der Waals surface area (Å²) in [6, 6.07) is 10.5. The molecule has 0 radical (unpaired) electrons. The summed E-state index contributed by atoms with van der Waals surface area (Å²) in [5.41, 5.74) is 2.58. The van der Waals surface area contributed by atoms with E-state index in [9.17, 15) is 0 Å². The monoisotopic (exact) mass is 231 g/mol. The van der Waals surface area contributed by atoms with Gasteiger partial charge >= 0.3 is 0 Å². The molecule has 0 unspecified atom stereocenters. The van der Waals surface area contributed by atoms with Crippen LogP contribution in [-0.2, 0) is 0 Å². The Hall–Kier alpha value is -1.24. The molecule has 17 heavy (non-hydrogen) atoms. The van der Waals surface area contributed by atoms with Crippen molar-refractivity contribution < 1.29 is 0 Å². The lowest BCUT2D eigenvalue weighted by atomic mass is 10.1. The van der Waals surface area contributed by atoms with E-state index in [1.165, 1.54) is 43.5 Å². The Bertz CT molecular complexity index is 314. The minimum atomic E-state index is 1.16. The van der Waals surface area contributed by atoms with Crippen LogP contribution >= 0.6 is 0 Å². The highest BCUT2D eigenvalue weighted by Gasteiger charge is 1.97. The fraction of sp³-hybridized carbons (Fsp3) is 0.500. The minimum Gasteiger partial charge on any atom is -0.359 e.